The van der Waals surface area contributed by atoms with Gasteiger partial charge in [0.15, 0.2) is 0 Å². The van der Waals surface area contributed by atoms with E-state index in [-0.39, 0.29) is 0 Å². The van der Waals surface area contributed by atoms with Crippen molar-refractivity contribution in [1.82, 2.24) is 0 Å². The van der Waals surface area contributed by atoms with E-state index in [1.165, 1.54) is 19.3 Å². The summed E-state index contributed by atoms with van der Waals surface area (Å²) in [4.78, 5) is 0. The third-order valence-electron chi connectivity index (χ3n) is 3.08. The normalized spacial score (nSPS) is 12.4. The van der Waals surface area contributed by atoms with Crippen molar-refractivity contribution in [1.29, 1.82) is 0 Å². The van der Waals surface area contributed by atoms with E-state index in [0.29, 0.717) is 12.0 Å². The van der Waals surface area contributed by atoms with Crippen LogP contribution in [0.4, 0.5) is 4.39 Å². The first-order chi connectivity index (χ1) is 8.25. The fraction of sp³-hybridized carbons (Fsp3) is 0.500. The predicted octanol–water partition coefficient (Wildman–Crippen LogP) is 5.40. The maximum absolute atomic E-state index is 13.9. The molecule has 1 aromatic carbocycles. The van der Waals surface area contributed by atoms with E-state index in [2.05, 4.69) is 13.5 Å². The molecular weight excluding hydrogens is 211 g/mol. The van der Waals surface area contributed by atoms with E-state index < -0.39 is 6.17 Å². The number of hydrogen-bond donors (Lipinski definition) is 0. The minimum atomic E-state index is -0.890. The number of benzene rings is 1. The molecule has 0 aliphatic carbocycles. The zero-order valence-corrected chi connectivity index (χ0v) is 10.8. The quantitative estimate of drug-likeness (QED) is 0.528. The Bertz CT molecular complexity index is 316. The van der Waals surface area contributed by atoms with E-state index >= 15 is 0 Å². The van der Waals surface area contributed by atoms with Crippen molar-refractivity contribution < 1.29 is 4.39 Å². The summed E-state index contributed by atoms with van der Waals surface area (Å²) in [5, 5.41) is 0. The predicted molar refractivity (Wildman–Crippen MR) is 73.7 cm³/mol. The van der Waals surface area contributed by atoms with E-state index in [1.54, 1.807) is 0 Å². The van der Waals surface area contributed by atoms with E-state index in [4.69, 9.17) is 0 Å². The molecule has 1 aromatic rings. The standard InChI is InChI=1S/C16H23F/c1-3-4-5-6-10-13-16(17)14(2)15-11-8-7-9-12-15/h7-9,11-12,16H,2-6,10,13H2,1H3. The van der Waals surface area contributed by atoms with Gasteiger partial charge in [0.05, 0.1) is 0 Å². The van der Waals surface area contributed by atoms with Crippen LogP contribution in [-0.4, -0.2) is 6.17 Å². The molecule has 1 unspecified atom stereocenters. The Morgan fingerprint density at radius 2 is 1.76 bits per heavy atom. The van der Waals surface area contributed by atoms with Crippen LogP contribution in [0, 0.1) is 0 Å². The maximum Gasteiger partial charge on any atom is 0.125 e. The first-order valence-corrected chi connectivity index (χ1v) is 6.64. The van der Waals surface area contributed by atoms with Crippen LogP contribution in [0.15, 0.2) is 36.9 Å². The Balaban J connectivity index is 2.28. The number of rotatable bonds is 8. The van der Waals surface area contributed by atoms with Crippen molar-refractivity contribution in [3.05, 3.63) is 42.5 Å². The molecule has 0 radical (unpaired) electrons. The molecule has 0 saturated carbocycles. The lowest BCUT2D eigenvalue weighted by molar-refractivity contribution is 0.376. The number of hydrogen-bond acceptors (Lipinski definition) is 0. The Hall–Kier alpha value is -1.11. The van der Waals surface area contributed by atoms with E-state index in [1.807, 2.05) is 30.3 Å². The highest BCUT2D eigenvalue weighted by Gasteiger charge is 2.11. The fourth-order valence-corrected chi connectivity index (χ4v) is 1.93. The summed E-state index contributed by atoms with van der Waals surface area (Å²) in [5.74, 6) is 0. The van der Waals surface area contributed by atoms with Gasteiger partial charge in [0.25, 0.3) is 0 Å². The van der Waals surface area contributed by atoms with Crippen molar-refractivity contribution in [3.8, 4) is 0 Å². The van der Waals surface area contributed by atoms with Gasteiger partial charge in [0, 0.05) is 0 Å². The van der Waals surface area contributed by atoms with Crippen LogP contribution in [0.25, 0.3) is 5.57 Å². The summed E-state index contributed by atoms with van der Waals surface area (Å²) in [6.07, 6.45) is 5.53. The summed E-state index contributed by atoms with van der Waals surface area (Å²) < 4.78 is 13.9. The molecular formula is C16H23F. The molecule has 1 atom stereocenters. The van der Waals surface area contributed by atoms with Gasteiger partial charge in [-0.05, 0) is 17.6 Å². The number of halogens is 1. The molecule has 17 heavy (non-hydrogen) atoms. The molecule has 0 bridgehead atoms. The van der Waals surface area contributed by atoms with Crippen LogP contribution in [0.1, 0.15) is 51.0 Å². The Morgan fingerprint density at radius 3 is 2.41 bits per heavy atom. The highest BCUT2D eigenvalue weighted by molar-refractivity contribution is 5.66. The molecule has 0 N–H and O–H groups in total. The average Bonchev–Trinajstić information content (AvgIpc) is 2.38. The third-order valence-corrected chi connectivity index (χ3v) is 3.08. The third kappa shape index (κ3) is 5.16. The van der Waals surface area contributed by atoms with Crippen LogP contribution in [0.5, 0.6) is 0 Å². The van der Waals surface area contributed by atoms with Gasteiger partial charge in [-0.25, -0.2) is 4.39 Å². The minimum Gasteiger partial charge on any atom is -0.242 e. The van der Waals surface area contributed by atoms with Gasteiger partial charge < -0.3 is 0 Å². The summed E-state index contributed by atoms with van der Waals surface area (Å²) in [7, 11) is 0. The van der Waals surface area contributed by atoms with Gasteiger partial charge in [-0.3, -0.25) is 0 Å². The van der Waals surface area contributed by atoms with Crippen LogP contribution in [0.3, 0.4) is 0 Å². The van der Waals surface area contributed by atoms with Crippen LogP contribution < -0.4 is 0 Å². The first-order valence-electron chi connectivity index (χ1n) is 6.64. The molecule has 0 nitrogen and oxygen atoms in total. The molecule has 0 aliphatic heterocycles. The van der Waals surface area contributed by atoms with Gasteiger partial charge >= 0.3 is 0 Å². The van der Waals surface area contributed by atoms with Gasteiger partial charge in [-0.15, -0.1) is 0 Å². The van der Waals surface area contributed by atoms with Gasteiger partial charge in [0.1, 0.15) is 6.17 Å². The second kappa shape index (κ2) is 8.05. The average molecular weight is 234 g/mol. The molecule has 94 valence electrons. The molecule has 1 rings (SSSR count). The highest BCUT2D eigenvalue weighted by atomic mass is 19.1. The Morgan fingerprint density at radius 1 is 1.12 bits per heavy atom. The van der Waals surface area contributed by atoms with Crippen LogP contribution >= 0.6 is 0 Å². The number of unbranched alkanes of at least 4 members (excludes halogenated alkanes) is 4. The largest absolute Gasteiger partial charge is 0.242 e. The topological polar surface area (TPSA) is 0 Å². The lowest BCUT2D eigenvalue weighted by Crippen LogP contribution is -2.02. The Kier molecular flexibility index (Phi) is 6.61. The summed E-state index contributed by atoms with van der Waals surface area (Å²) in [6.45, 7) is 6.05. The van der Waals surface area contributed by atoms with Gasteiger partial charge in [0.2, 0.25) is 0 Å². The summed E-state index contributed by atoms with van der Waals surface area (Å²) >= 11 is 0. The van der Waals surface area contributed by atoms with E-state index in [0.717, 1.165) is 18.4 Å². The zero-order valence-electron chi connectivity index (χ0n) is 10.8. The molecule has 0 heterocycles. The molecule has 0 amide bonds. The molecule has 1 heteroatoms. The van der Waals surface area contributed by atoms with E-state index in [9.17, 15) is 4.39 Å². The minimum absolute atomic E-state index is 0.609. The second-order valence-corrected chi connectivity index (χ2v) is 4.56. The maximum atomic E-state index is 13.9. The van der Waals surface area contributed by atoms with Crippen molar-refractivity contribution in [3.63, 3.8) is 0 Å². The molecule has 0 saturated heterocycles. The molecule has 0 aromatic heterocycles. The molecule has 0 fully saturated rings. The highest BCUT2D eigenvalue weighted by Crippen LogP contribution is 2.23. The smallest absolute Gasteiger partial charge is 0.125 e. The summed E-state index contributed by atoms with van der Waals surface area (Å²) in [6, 6.07) is 9.63. The lowest BCUT2D eigenvalue weighted by Gasteiger charge is -2.11. The van der Waals surface area contributed by atoms with Crippen LogP contribution in [-0.2, 0) is 0 Å². The monoisotopic (exact) mass is 234 g/mol. The Labute approximate surface area is 105 Å². The van der Waals surface area contributed by atoms with Crippen LogP contribution in [0.2, 0.25) is 0 Å². The first kappa shape index (κ1) is 14.0. The molecule has 0 spiro atoms. The lowest BCUT2D eigenvalue weighted by atomic mass is 9.99. The van der Waals surface area contributed by atoms with Crippen molar-refractivity contribution in [2.45, 2.75) is 51.6 Å². The van der Waals surface area contributed by atoms with Gasteiger partial charge in [-0.2, -0.15) is 0 Å². The fourth-order valence-electron chi connectivity index (χ4n) is 1.93. The van der Waals surface area contributed by atoms with Crippen molar-refractivity contribution in [2.75, 3.05) is 0 Å². The second-order valence-electron chi connectivity index (χ2n) is 4.56. The van der Waals surface area contributed by atoms with Gasteiger partial charge in [-0.1, -0.05) is 75.9 Å². The zero-order chi connectivity index (χ0) is 12.5. The van der Waals surface area contributed by atoms with Crippen molar-refractivity contribution >= 4 is 5.57 Å². The molecule has 0 aliphatic rings. The summed E-state index contributed by atoms with van der Waals surface area (Å²) in [5.41, 5.74) is 1.55. The number of allylic oxidation sites excluding steroid dienone is 1. The van der Waals surface area contributed by atoms with Crippen molar-refractivity contribution in [2.24, 2.45) is 0 Å². The SMILES string of the molecule is C=C(c1ccccc1)C(F)CCCCCCC. The number of alkyl halides is 1.